The van der Waals surface area contributed by atoms with Gasteiger partial charge >= 0.3 is 0 Å². The number of carbonyl (C=O) groups excluding carboxylic acids is 1. The van der Waals surface area contributed by atoms with E-state index in [9.17, 15) is 4.79 Å². The molecule has 0 fully saturated rings. The highest BCUT2D eigenvalue weighted by Gasteiger charge is 2.14. The lowest BCUT2D eigenvalue weighted by Gasteiger charge is -2.10. The molecule has 4 heteroatoms. The van der Waals surface area contributed by atoms with Gasteiger partial charge < -0.3 is 5.32 Å². The summed E-state index contributed by atoms with van der Waals surface area (Å²) < 4.78 is 0. The lowest BCUT2D eigenvalue weighted by atomic mass is 10.0. The van der Waals surface area contributed by atoms with Crippen LogP contribution in [0.3, 0.4) is 0 Å². The first-order valence-electron chi connectivity index (χ1n) is 7.41. The van der Waals surface area contributed by atoms with Crippen molar-refractivity contribution in [3.63, 3.8) is 0 Å². The van der Waals surface area contributed by atoms with E-state index in [4.69, 9.17) is 0 Å². The first kappa shape index (κ1) is 14.9. The Bertz CT molecular complexity index is 872. The third-order valence-corrected chi connectivity index (χ3v) is 3.54. The summed E-state index contributed by atoms with van der Waals surface area (Å²) in [4.78, 5) is 21.5. The van der Waals surface area contributed by atoms with Crippen molar-refractivity contribution < 1.29 is 4.79 Å². The number of hydrogen-bond acceptors (Lipinski definition) is 3. The number of carbonyl (C=O) groups is 1. The number of hydrogen-bond donors (Lipinski definition) is 1. The van der Waals surface area contributed by atoms with Crippen molar-refractivity contribution in [2.75, 3.05) is 6.54 Å². The van der Waals surface area contributed by atoms with Crippen LogP contribution in [0, 0.1) is 6.92 Å². The molecule has 0 atom stereocenters. The fourth-order valence-electron chi connectivity index (χ4n) is 2.43. The molecule has 1 aromatic carbocycles. The van der Waals surface area contributed by atoms with Crippen LogP contribution in [-0.4, -0.2) is 22.4 Å². The highest BCUT2D eigenvalue weighted by molar-refractivity contribution is 6.07. The van der Waals surface area contributed by atoms with Crippen LogP contribution >= 0.6 is 0 Å². The molecule has 2 aromatic heterocycles. The van der Waals surface area contributed by atoms with Gasteiger partial charge in [0.15, 0.2) is 0 Å². The highest BCUT2D eigenvalue weighted by atomic mass is 16.1. The molecule has 0 saturated heterocycles. The van der Waals surface area contributed by atoms with Gasteiger partial charge in [0.25, 0.3) is 5.91 Å². The van der Waals surface area contributed by atoms with Gasteiger partial charge in [0, 0.05) is 18.1 Å². The fraction of sp³-hybridized carbons (Fsp3) is 0.105. The van der Waals surface area contributed by atoms with Crippen LogP contribution in [0.1, 0.15) is 15.9 Å². The minimum Gasteiger partial charge on any atom is -0.349 e. The molecular weight excluding hydrogens is 286 g/mol. The third-order valence-electron chi connectivity index (χ3n) is 3.54. The smallest absolute Gasteiger partial charge is 0.252 e. The van der Waals surface area contributed by atoms with Crippen molar-refractivity contribution in [2.24, 2.45) is 0 Å². The predicted octanol–water partition coefficient (Wildman–Crippen LogP) is 3.52. The summed E-state index contributed by atoms with van der Waals surface area (Å²) in [5, 5.41) is 3.67. The minimum atomic E-state index is -0.139. The Morgan fingerprint density at radius 3 is 2.83 bits per heavy atom. The fourth-order valence-corrected chi connectivity index (χ4v) is 2.43. The van der Waals surface area contributed by atoms with Crippen molar-refractivity contribution in [3.8, 4) is 11.4 Å². The molecule has 3 aromatic rings. The average Bonchev–Trinajstić information content (AvgIpc) is 2.59. The molecule has 0 aliphatic rings. The van der Waals surface area contributed by atoms with Crippen LogP contribution in [0.25, 0.3) is 22.3 Å². The number of amides is 1. The summed E-state index contributed by atoms with van der Waals surface area (Å²) in [6.07, 6.45) is 3.38. The van der Waals surface area contributed by atoms with Gasteiger partial charge in [0.1, 0.15) is 0 Å². The zero-order valence-electron chi connectivity index (χ0n) is 12.9. The topological polar surface area (TPSA) is 54.9 Å². The van der Waals surface area contributed by atoms with Crippen LogP contribution in [0.5, 0.6) is 0 Å². The van der Waals surface area contributed by atoms with E-state index in [2.05, 4.69) is 21.9 Å². The molecule has 0 spiro atoms. The van der Waals surface area contributed by atoms with E-state index in [0.717, 1.165) is 22.2 Å². The Morgan fingerprint density at radius 1 is 1.22 bits per heavy atom. The molecule has 0 saturated carbocycles. The molecule has 0 aliphatic heterocycles. The normalized spacial score (nSPS) is 10.5. The van der Waals surface area contributed by atoms with Crippen LogP contribution in [-0.2, 0) is 0 Å². The van der Waals surface area contributed by atoms with Crippen molar-refractivity contribution in [1.82, 2.24) is 15.3 Å². The Morgan fingerprint density at radius 2 is 2.09 bits per heavy atom. The van der Waals surface area contributed by atoms with Gasteiger partial charge in [-0.3, -0.25) is 9.78 Å². The van der Waals surface area contributed by atoms with E-state index in [0.29, 0.717) is 17.8 Å². The maximum Gasteiger partial charge on any atom is 0.252 e. The molecule has 0 unspecified atom stereocenters. The van der Waals surface area contributed by atoms with Crippen LogP contribution in [0.4, 0.5) is 0 Å². The first-order valence-corrected chi connectivity index (χ1v) is 7.41. The van der Waals surface area contributed by atoms with Crippen molar-refractivity contribution in [1.29, 1.82) is 0 Å². The molecule has 1 amide bonds. The first-order chi connectivity index (χ1) is 11.2. The quantitative estimate of drug-likeness (QED) is 0.750. The molecule has 1 N–H and O–H groups in total. The zero-order chi connectivity index (χ0) is 16.2. The number of rotatable bonds is 4. The number of aryl methyl sites for hydroxylation is 1. The Hall–Kier alpha value is -3.01. The van der Waals surface area contributed by atoms with Gasteiger partial charge in [-0.1, -0.05) is 23.8 Å². The SMILES string of the molecule is C=CCNC(=O)c1cc(-c2ccccn2)nc2ccc(C)cc12. The predicted molar refractivity (Wildman–Crippen MR) is 92.2 cm³/mol. The van der Waals surface area contributed by atoms with Gasteiger partial charge in [-0.15, -0.1) is 6.58 Å². The van der Waals surface area contributed by atoms with Gasteiger partial charge in [-0.25, -0.2) is 4.98 Å². The van der Waals surface area contributed by atoms with Crippen LogP contribution in [0.2, 0.25) is 0 Å². The standard InChI is InChI=1S/C19H17N3O/c1-3-9-21-19(23)15-12-18(17-6-4-5-10-20-17)22-16-8-7-13(2)11-14(15)16/h3-8,10-12H,1,9H2,2H3,(H,21,23). The van der Waals surface area contributed by atoms with E-state index >= 15 is 0 Å². The number of aromatic nitrogens is 2. The second kappa shape index (κ2) is 6.40. The van der Waals surface area contributed by atoms with Crippen LogP contribution < -0.4 is 5.32 Å². The second-order valence-electron chi connectivity index (χ2n) is 5.29. The van der Waals surface area contributed by atoms with Crippen molar-refractivity contribution in [3.05, 3.63) is 72.4 Å². The molecule has 3 rings (SSSR count). The maximum atomic E-state index is 12.5. The summed E-state index contributed by atoms with van der Waals surface area (Å²) in [5.74, 6) is -0.139. The number of benzene rings is 1. The molecular formula is C19H17N3O. The zero-order valence-corrected chi connectivity index (χ0v) is 12.9. The maximum absolute atomic E-state index is 12.5. The Kier molecular flexibility index (Phi) is 4.15. The average molecular weight is 303 g/mol. The Balaban J connectivity index is 2.19. The molecule has 114 valence electrons. The molecule has 0 bridgehead atoms. The van der Waals surface area contributed by atoms with Crippen molar-refractivity contribution in [2.45, 2.75) is 6.92 Å². The van der Waals surface area contributed by atoms with Crippen LogP contribution in [0.15, 0.2) is 61.3 Å². The highest BCUT2D eigenvalue weighted by Crippen LogP contribution is 2.24. The summed E-state index contributed by atoms with van der Waals surface area (Å²) in [6.45, 7) is 6.05. The number of nitrogens with zero attached hydrogens (tertiary/aromatic N) is 2. The van der Waals surface area contributed by atoms with Gasteiger partial charge in [0.2, 0.25) is 0 Å². The number of pyridine rings is 2. The van der Waals surface area contributed by atoms with Gasteiger partial charge in [0.05, 0.1) is 22.5 Å². The lowest BCUT2D eigenvalue weighted by molar-refractivity contribution is 0.0959. The van der Waals surface area contributed by atoms with E-state index in [1.165, 1.54) is 0 Å². The largest absolute Gasteiger partial charge is 0.349 e. The summed E-state index contributed by atoms with van der Waals surface area (Å²) >= 11 is 0. The van der Waals surface area contributed by atoms with E-state index < -0.39 is 0 Å². The second-order valence-corrected chi connectivity index (χ2v) is 5.29. The van der Waals surface area contributed by atoms with Gasteiger partial charge in [-0.2, -0.15) is 0 Å². The lowest BCUT2D eigenvalue weighted by Crippen LogP contribution is -2.23. The van der Waals surface area contributed by atoms with E-state index in [1.54, 1.807) is 18.3 Å². The Labute approximate surface area is 134 Å². The molecule has 4 nitrogen and oxygen atoms in total. The molecule has 0 aliphatic carbocycles. The summed E-state index contributed by atoms with van der Waals surface area (Å²) in [7, 11) is 0. The van der Waals surface area contributed by atoms with Gasteiger partial charge in [-0.05, 0) is 37.3 Å². The van der Waals surface area contributed by atoms with E-state index in [-0.39, 0.29) is 5.91 Å². The molecule has 23 heavy (non-hydrogen) atoms. The molecule has 0 radical (unpaired) electrons. The number of fused-ring (bicyclic) bond motifs is 1. The third kappa shape index (κ3) is 3.11. The van der Waals surface area contributed by atoms with E-state index in [1.807, 2.05) is 43.3 Å². The monoisotopic (exact) mass is 303 g/mol. The summed E-state index contributed by atoms with van der Waals surface area (Å²) in [5.41, 5.74) is 3.89. The molecule has 2 heterocycles. The number of nitrogens with one attached hydrogen (secondary N) is 1. The minimum absolute atomic E-state index is 0.139. The van der Waals surface area contributed by atoms with Crippen molar-refractivity contribution >= 4 is 16.8 Å². The summed E-state index contributed by atoms with van der Waals surface area (Å²) in [6, 6.07) is 13.3.